The Labute approximate surface area is 702 Å². The highest BCUT2D eigenvalue weighted by molar-refractivity contribution is 7.00. The molecular formula is C114H86BN5. The van der Waals surface area contributed by atoms with E-state index in [1.807, 2.05) is 0 Å². The molecule has 0 unspecified atom stereocenters. The van der Waals surface area contributed by atoms with Crippen molar-refractivity contribution in [3.05, 3.63) is 424 Å². The molecule has 17 aromatic carbocycles. The first-order chi connectivity index (χ1) is 58.8. The lowest BCUT2D eigenvalue weighted by atomic mass is 9.33. The first-order valence-corrected chi connectivity index (χ1v) is 42.0. The molecule has 0 atom stereocenters. The van der Waals surface area contributed by atoms with E-state index < -0.39 is 0 Å². The van der Waals surface area contributed by atoms with Crippen molar-refractivity contribution in [2.45, 2.75) is 52.4 Å². The lowest BCUT2D eigenvalue weighted by molar-refractivity contribution is 0.590. The Morgan fingerprint density at radius 2 is 0.458 bits per heavy atom. The second-order valence-corrected chi connectivity index (χ2v) is 34.4. The minimum Gasteiger partial charge on any atom is -0.311 e. The fourth-order valence-corrected chi connectivity index (χ4v) is 19.4. The number of hydrogen-bond donors (Lipinski definition) is 0. The van der Waals surface area contributed by atoms with E-state index in [0.717, 1.165) is 152 Å². The van der Waals surface area contributed by atoms with E-state index in [-0.39, 0.29) is 17.5 Å². The molecule has 0 radical (unpaired) electrons. The van der Waals surface area contributed by atoms with Gasteiger partial charge in [-0.15, -0.1) is 0 Å². The highest BCUT2D eigenvalue weighted by atomic mass is 15.2. The molecule has 5 nitrogen and oxygen atoms in total. The Bertz CT molecular complexity index is 6680. The largest absolute Gasteiger partial charge is 0.311 e. The molecule has 5 heterocycles. The molecule has 0 aliphatic carbocycles. The van der Waals surface area contributed by atoms with Crippen LogP contribution in [0.4, 0.5) is 34.1 Å². The molecule has 0 saturated carbocycles. The molecule has 0 N–H and O–H groups in total. The van der Waals surface area contributed by atoms with Gasteiger partial charge < -0.3 is 23.5 Å². The maximum absolute atomic E-state index is 2.67. The fourth-order valence-electron chi connectivity index (χ4n) is 19.4. The van der Waals surface area contributed by atoms with Crippen molar-refractivity contribution in [2.24, 2.45) is 0 Å². The normalized spacial score (nSPS) is 12.5. The highest BCUT2D eigenvalue weighted by Gasteiger charge is 2.45. The van der Waals surface area contributed by atoms with E-state index >= 15 is 0 Å². The van der Waals surface area contributed by atoms with Gasteiger partial charge in [0.1, 0.15) is 0 Å². The molecule has 570 valence electrons. The van der Waals surface area contributed by atoms with Gasteiger partial charge >= 0.3 is 0 Å². The van der Waals surface area contributed by atoms with Crippen LogP contribution in [-0.4, -0.2) is 20.4 Å². The predicted octanol–water partition coefficient (Wildman–Crippen LogP) is 28.7. The minimum atomic E-state index is -0.333. The number of nitrogens with zero attached hydrogens (tertiary/aromatic N) is 5. The van der Waals surface area contributed by atoms with Crippen molar-refractivity contribution in [2.75, 3.05) is 9.80 Å². The summed E-state index contributed by atoms with van der Waals surface area (Å²) in [6.07, 6.45) is 0. The van der Waals surface area contributed by atoms with Crippen molar-refractivity contribution in [3.8, 4) is 107 Å². The number of aromatic nitrogens is 3. The van der Waals surface area contributed by atoms with E-state index in [9.17, 15) is 0 Å². The number of rotatable bonds is 13. The first kappa shape index (κ1) is 71.8. The summed E-state index contributed by atoms with van der Waals surface area (Å²) in [6.45, 7) is 13.7. The van der Waals surface area contributed by atoms with E-state index in [2.05, 4.69) is 478 Å². The van der Waals surface area contributed by atoms with Gasteiger partial charge in [0.2, 0.25) is 0 Å². The summed E-state index contributed by atoms with van der Waals surface area (Å²) in [5.74, 6) is 0. The third-order valence-corrected chi connectivity index (χ3v) is 25.0. The third-order valence-electron chi connectivity index (χ3n) is 25.0. The lowest BCUT2D eigenvalue weighted by Gasteiger charge is -2.45. The van der Waals surface area contributed by atoms with Crippen molar-refractivity contribution in [3.63, 3.8) is 0 Å². The third kappa shape index (κ3) is 12.1. The molecule has 20 aromatic rings. The summed E-state index contributed by atoms with van der Waals surface area (Å²) in [4.78, 5) is 5.34. The zero-order chi connectivity index (χ0) is 80.5. The van der Waals surface area contributed by atoms with Gasteiger partial charge in [0.15, 0.2) is 0 Å². The van der Waals surface area contributed by atoms with Crippen LogP contribution in [0.1, 0.15) is 52.7 Å². The van der Waals surface area contributed by atoms with Crippen LogP contribution in [0.5, 0.6) is 0 Å². The van der Waals surface area contributed by atoms with Crippen LogP contribution in [0, 0.1) is 0 Å². The fraction of sp³-hybridized carbons (Fsp3) is 0.0702. The predicted molar refractivity (Wildman–Crippen MR) is 509 cm³/mol. The maximum atomic E-state index is 2.67. The SMILES string of the molecule is CC(C)(C)c1ccc2c(c1)c1cc(C(C)(C)C)ccc1n2-c1cc2c3c(c1)N(c1cc(-c4ccccc4)cc(-c4ccccc4)c1)c1cc(-n4c(-c5ccccc5)c5ccccc5c4-c4ccccc4)ccc1B3c1ccc(-n3c(-c4ccccc4)c4ccccc4c3-c3ccccc3)cc1N2c1cc(-c2ccccc2)cc(-c2ccccc2)c1. The number of anilines is 6. The van der Waals surface area contributed by atoms with Crippen LogP contribution >= 0.6 is 0 Å². The molecule has 0 saturated heterocycles. The van der Waals surface area contributed by atoms with Crippen LogP contribution in [0.15, 0.2) is 413 Å². The van der Waals surface area contributed by atoms with Gasteiger partial charge in [-0.05, 0) is 202 Å². The topological polar surface area (TPSA) is 21.3 Å². The van der Waals surface area contributed by atoms with Gasteiger partial charge in [-0.3, -0.25) is 0 Å². The summed E-state index contributed by atoms with van der Waals surface area (Å²) in [5.41, 5.74) is 35.8. The first-order valence-electron chi connectivity index (χ1n) is 42.0. The average molecular weight is 1540 g/mol. The van der Waals surface area contributed by atoms with Crippen LogP contribution < -0.4 is 26.2 Å². The summed E-state index contributed by atoms with van der Waals surface area (Å²) >= 11 is 0. The van der Waals surface area contributed by atoms with Crippen molar-refractivity contribution < 1.29 is 0 Å². The van der Waals surface area contributed by atoms with Crippen molar-refractivity contribution in [1.82, 2.24) is 13.7 Å². The molecule has 6 heteroatoms. The molecule has 2 aliphatic rings. The Hall–Kier alpha value is -14.7. The second-order valence-electron chi connectivity index (χ2n) is 34.4. The summed E-state index contributed by atoms with van der Waals surface area (Å²) in [6, 6.07) is 155. The van der Waals surface area contributed by atoms with E-state index in [1.165, 1.54) is 59.8 Å². The molecule has 2 aliphatic heterocycles. The zero-order valence-electron chi connectivity index (χ0n) is 68.1. The molecule has 0 bridgehead atoms. The molecule has 0 amide bonds. The monoisotopic (exact) mass is 1540 g/mol. The minimum absolute atomic E-state index is 0.122. The van der Waals surface area contributed by atoms with Crippen molar-refractivity contribution in [1.29, 1.82) is 0 Å². The zero-order valence-corrected chi connectivity index (χ0v) is 68.1. The average Bonchev–Trinajstić information content (AvgIpc) is 0.989. The molecule has 3 aromatic heterocycles. The highest BCUT2D eigenvalue weighted by Crippen LogP contribution is 2.53. The maximum Gasteiger partial charge on any atom is 0.252 e. The number of benzene rings is 17. The van der Waals surface area contributed by atoms with Gasteiger partial charge in [-0.1, -0.05) is 357 Å². The lowest BCUT2D eigenvalue weighted by Crippen LogP contribution is -2.61. The number of fused-ring (bicyclic) bond motifs is 9. The van der Waals surface area contributed by atoms with Crippen LogP contribution in [0.2, 0.25) is 0 Å². The summed E-state index contributed by atoms with van der Waals surface area (Å²) < 4.78 is 7.74. The Morgan fingerprint density at radius 1 is 0.192 bits per heavy atom. The summed E-state index contributed by atoms with van der Waals surface area (Å²) in [7, 11) is 0. The Balaban J connectivity index is 0.928. The van der Waals surface area contributed by atoms with Crippen LogP contribution in [0.3, 0.4) is 0 Å². The smallest absolute Gasteiger partial charge is 0.252 e. The molecule has 120 heavy (non-hydrogen) atoms. The van der Waals surface area contributed by atoms with Gasteiger partial charge in [-0.25, -0.2) is 0 Å². The van der Waals surface area contributed by atoms with E-state index in [0.29, 0.717) is 0 Å². The summed E-state index contributed by atoms with van der Waals surface area (Å²) in [5, 5.41) is 7.17. The standard InChI is InChI=1S/C114H86BN5/c1-113(2,3)87-55-61-102-98(69-87)99-70-88(114(4,5)6)56-62-103(99)116(102)93-73-106-108-107(74-93)118(92-67-85(77-39-19-9-20-40-77)64-86(68-92)78-41-21-10-22-42-78)105-72-90(120-111(81-47-27-13-28-48-81)96-53-33-34-54-97(96)112(120)82-49-29-14-30-50-82)58-60-101(105)115(108)100-59-57-89(119-109(79-43-23-11-24-44-79)94-51-31-32-52-95(94)110(119)80-45-25-12-26-46-80)71-104(100)117(106)91-65-83(75-35-15-7-16-36-75)63-84(66-91)76-37-17-8-18-38-76/h7-74H,1-6H3. The molecule has 0 fully saturated rings. The molecule has 22 rings (SSSR count). The van der Waals surface area contributed by atoms with Crippen molar-refractivity contribution >= 4 is 101 Å². The Kier molecular flexibility index (Phi) is 17.1. The molecular weight excluding hydrogens is 1450 g/mol. The second kappa shape index (κ2) is 28.6. The van der Waals surface area contributed by atoms with Gasteiger partial charge in [0.05, 0.1) is 39.5 Å². The van der Waals surface area contributed by atoms with Crippen LogP contribution in [-0.2, 0) is 10.8 Å². The van der Waals surface area contributed by atoms with E-state index in [1.54, 1.807) is 0 Å². The molecule has 0 spiro atoms. The van der Waals surface area contributed by atoms with Gasteiger partial charge in [0.25, 0.3) is 6.71 Å². The van der Waals surface area contributed by atoms with Crippen LogP contribution in [0.25, 0.3) is 150 Å². The Morgan fingerprint density at radius 3 is 0.742 bits per heavy atom. The van der Waals surface area contributed by atoms with Gasteiger partial charge in [-0.2, -0.15) is 0 Å². The van der Waals surface area contributed by atoms with Gasteiger partial charge in [0, 0.05) is 77.8 Å². The number of hydrogen-bond acceptors (Lipinski definition) is 2. The quantitative estimate of drug-likeness (QED) is 0.107. The van der Waals surface area contributed by atoms with E-state index in [4.69, 9.17) is 0 Å².